The third-order valence-electron chi connectivity index (χ3n) is 10.5. The first-order chi connectivity index (χ1) is 25.2. The molecule has 286 valence electrons. The summed E-state index contributed by atoms with van der Waals surface area (Å²) in [5.74, 6) is -0.675. The fourth-order valence-electron chi connectivity index (χ4n) is 6.61. The van der Waals surface area contributed by atoms with Gasteiger partial charge in [0, 0.05) is 42.8 Å². The Labute approximate surface area is 319 Å². The van der Waals surface area contributed by atoms with Crippen molar-refractivity contribution in [3.05, 3.63) is 46.4 Å². The Morgan fingerprint density at radius 2 is 1.96 bits per heavy atom. The van der Waals surface area contributed by atoms with Gasteiger partial charge in [-0.25, -0.2) is 23.2 Å². The quantitative estimate of drug-likeness (QED) is 0.200. The number of amides is 4. The Hall–Kier alpha value is -3.95. The molecular weight excluding hydrogens is 740 g/mol. The number of nitrogens with one attached hydrogen (secondary N) is 3. The van der Waals surface area contributed by atoms with Crippen LogP contribution in [0.4, 0.5) is 4.79 Å². The van der Waals surface area contributed by atoms with Crippen molar-refractivity contribution in [2.24, 2.45) is 5.92 Å². The summed E-state index contributed by atoms with van der Waals surface area (Å²) in [6.07, 6.45) is 7.72. The van der Waals surface area contributed by atoms with E-state index in [4.69, 9.17) is 31.0 Å². The summed E-state index contributed by atoms with van der Waals surface area (Å²) in [4.78, 5) is 52.3. The summed E-state index contributed by atoms with van der Waals surface area (Å²) in [7, 11) is -0.780. The van der Waals surface area contributed by atoms with Crippen LogP contribution >= 0.6 is 22.9 Å². The van der Waals surface area contributed by atoms with E-state index in [0.717, 1.165) is 25.0 Å². The molecule has 0 saturated heterocycles. The van der Waals surface area contributed by atoms with Gasteiger partial charge in [0.05, 0.1) is 29.7 Å². The van der Waals surface area contributed by atoms with Crippen molar-refractivity contribution >= 4 is 61.7 Å². The number of methoxy groups -OCH3 is 1. The molecule has 0 radical (unpaired) electrons. The normalized spacial score (nSPS) is 23.7. The van der Waals surface area contributed by atoms with Crippen LogP contribution in [0.2, 0.25) is 5.02 Å². The van der Waals surface area contributed by atoms with Gasteiger partial charge in [-0.1, -0.05) is 44.5 Å². The van der Waals surface area contributed by atoms with E-state index in [0.29, 0.717) is 63.9 Å². The zero-order valence-corrected chi connectivity index (χ0v) is 33.0. The van der Waals surface area contributed by atoms with Gasteiger partial charge in [-0.2, -0.15) is 0 Å². The van der Waals surface area contributed by atoms with E-state index in [1.807, 2.05) is 17.5 Å². The number of rotatable bonds is 11. The van der Waals surface area contributed by atoms with Crippen LogP contribution in [0.15, 0.2) is 35.7 Å². The fourth-order valence-corrected chi connectivity index (χ4v) is 9.50. The predicted molar refractivity (Wildman–Crippen MR) is 205 cm³/mol. The number of aromatic nitrogens is 2. The lowest BCUT2D eigenvalue weighted by Gasteiger charge is -2.26. The molecule has 2 saturated carbocycles. The van der Waals surface area contributed by atoms with Crippen LogP contribution in [0.25, 0.3) is 21.6 Å². The molecule has 0 spiro atoms. The van der Waals surface area contributed by atoms with Gasteiger partial charge in [0.15, 0.2) is 0 Å². The van der Waals surface area contributed by atoms with Gasteiger partial charge < -0.3 is 25.0 Å². The molecular formula is C37H47ClN6O7S2. The molecule has 6 rings (SSSR count). The topological polar surface area (TPSA) is 169 Å². The molecule has 3 aliphatic rings. The number of pyridine rings is 1. The maximum absolute atomic E-state index is 14.1. The lowest BCUT2D eigenvalue weighted by atomic mass is 10.1. The van der Waals surface area contributed by atoms with Crippen LogP contribution in [0.3, 0.4) is 0 Å². The Balaban J connectivity index is 1.27. The number of carbonyl (C=O) groups excluding carboxylic acids is 3. The molecule has 3 aromatic rings. The van der Waals surface area contributed by atoms with Gasteiger partial charge in [-0.15, -0.1) is 11.3 Å². The summed E-state index contributed by atoms with van der Waals surface area (Å²) in [6.45, 7) is 6.38. The SMILES string of the molecule is CCC1(S(=O)(=O)NC(=O)[C@@]23C[C@H]2/C=C\CCCCN(C)C(=O)N[C@@H](CCOc2cc(-c4nc(C(C)C)cs4)nc4c(Cl)c(OC)ccc24)C(=O)N3)CC1. The highest BCUT2D eigenvalue weighted by molar-refractivity contribution is 7.91. The highest BCUT2D eigenvalue weighted by atomic mass is 35.5. The Morgan fingerprint density at radius 1 is 1.19 bits per heavy atom. The number of thiazole rings is 1. The molecule has 53 heavy (non-hydrogen) atoms. The van der Waals surface area contributed by atoms with Crippen molar-refractivity contribution in [3.63, 3.8) is 0 Å². The molecule has 0 bridgehead atoms. The lowest BCUT2D eigenvalue weighted by molar-refractivity contribution is -0.130. The van der Waals surface area contributed by atoms with E-state index in [1.165, 1.54) is 23.3 Å². The van der Waals surface area contributed by atoms with Crippen LogP contribution in [0.5, 0.6) is 11.5 Å². The predicted octanol–water partition coefficient (Wildman–Crippen LogP) is 5.93. The fraction of sp³-hybridized carbons (Fsp3) is 0.541. The number of sulfonamides is 1. The maximum atomic E-state index is 14.1. The highest BCUT2D eigenvalue weighted by Crippen LogP contribution is 2.48. The molecule has 3 heterocycles. The van der Waals surface area contributed by atoms with Crippen LogP contribution in [-0.2, 0) is 19.6 Å². The molecule has 2 fully saturated rings. The van der Waals surface area contributed by atoms with Gasteiger partial charge in [0.25, 0.3) is 5.91 Å². The number of allylic oxidation sites excluding steroid dienone is 1. The summed E-state index contributed by atoms with van der Waals surface area (Å²) >= 11 is 8.19. The minimum absolute atomic E-state index is 0.0185. The van der Waals surface area contributed by atoms with E-state index >= 15 is 0 Å². The molecule has 13 nitrogen and oxygen atoms in total. The zero-order chi connectivity index (χ0) is 38.1. The molecule has 3 N–H and O–H groups in total. The first-order valence-corrected chi connectivity index (χ1v) is 20.8. The molecule has 2 aliphatic carbocycles. The van der Waals surface area contributed by atoms with E-state index in [2.05, 4.69) is 29.2 Å². The first-order valence-electron chi connectivity index (χ1n) is 18.1. The van der Waals surface area contributed by atoms with Crippen molar-refractivity contribution in [2.45, 2.75) is 94.4 Å². The molecule has 1 aromatic carbocycles. The zero-order valence-electron chi connectivity index (χ0n) is 30.7. The van der Waals surface area contributed by atoms with Crippen LogP contribution in [0, 0.1) is 5.92 Å². The first kappa shape index (κ1) is 38.8. The number of carbonyl (C=O) groups is 3. The molecule has 2 aromatic heterocycles. The number of hydrogen-bond donors (Lipinski definition) is 3. The van der Waals surface area contributed by atoms with Crippen LogP contribution < -0.4 is 24.8 Å². The van der Waals surface area contributed by atoms with Crippen molar-refractivity contribution in [3.8, 4) is 22.2 Å². The lowest BCUT2D eigenvalue weighted by Crippen LogP contribution is -2.58. The molecule has 4 amide bonds. The second-order valence-electron chi connectivity index (χ2n) is 14.4. The van der Waals surface area contributed by atoms with Gasteiger partial charge in [0.2, 0.25) is 15.9 Å². The van der Waals surface area contributed by atoms with Crippen LogP contribution in [-0.4, -0.2) is 84.8 Å². The van der Waals surface area contributed by atoms with Crippen molar-refractivity contribution in [1.82, 2.24) is 30.2 Å². The second-order valence-corrected chi connectivity index (χ2v) is 17.8. The number of benzene rings is 1. The van der Waals surface area contributed by atoms with E-state index in [1.54, 1.807) is 32.2 Å². The largest absolute Gasteiger partial charge is 0.495 e. The highest BCUT2D eigenvalue weighted by Gasteiger charge is 2.63. The molecule has 16 heteroatoms. The van der Waals surface area contributed by atoms with Gasteiger partial charge in [-0.05, 0) is 63.0 Å². The second kappa shape index (κ2) is 15.4. The summed E-state index contributed by atoms with van der Waals surface area (Å²) in [6, 6.07) is 3.72. The third kappa shape index (κ3) is 7.97. The molecule has 0 unspecified atom stereocenters. The smallest absolute Gasteiger partial charge is 0.317 e. The summed E-state index contributed by atoms with van der Waals surface area (Å²) in [5, 5.41) is 9.28. The summed E-state index contributed by atoms with van der Waals surface area (Å²) < 4.78 is 39.6. The maximum Gasteiger partial charge on any atom is 0.317 e. The third-order valence-corrected chi connectivity index (χ3v) is 14.1. The Kier molecular flexibility index (Phi) is 11.3. The number of nitrogens with zero attached hydrogens (tertiary/aromatic N) is 3. The Morgan fingerprint density at radius 3 is 2.64 bits per heavy atom. The Bertz CT molecular complexity index is 2030. The standard InChI is InChI=1S/C37H47ClN6O7S2/c1-6-36(15-16-36)53(48,49)43-34(46)37-20-23(37)11-9-7-8-10-17-44(4)35(47)41-25(32(45)42-37)14-18-51-29-19-26(33-40-27(21-52-33)22(2)3)39-31-24(29)12-13-28(50-5)30(31)38/h9,11-13,19,21-23,25H,6-8,10,14-18,20H2,1-5H3,(H,41,47)(H,42,45)(H,43,46)/b11-9-/t23-,25+,37-/m1/s1. The van der Waals surface area contributed by atoms with Crippen molar-refractivity contribution in [2.75, 3.05) is 27.3 Å². The molecule has 1 aliphatic heterocycles. The van der Waals surface area contributed by atoms with Gasteiger partial charge >= 0.3 is 6.03 Å². The monoisotopic (exact) mass is 786 g/mol. The number of fused-ring (bicyclic) bond motifs is 2. The number of urea groups is 1. The number of ether oxygens (including phenoxy) is 2. The van der Waals surface area contributed by atoms with Crippen molar-refractivity contribution < 1.29 is 32.3 Å². The minimum Gasteiger partial charge on any atom is -0.495 e. The van der Waals surface area contributed by atoms with E-state index in [-0.39, 0.29) is 25.4 Å². The number of hydrogen-bond acceptors (Lipinski definition) is 10. The van der Waals surface area contributed by atoms with Crippen molar-refractivity contribution in [1.29, 1.82) is 0 Å². The summed E-state index contributed by atoms with van der Waals surface area (Å²) in [5.41, 5.74) is 0.467. The average molecular weight is 787 g/mol. The average Bonchev–Trinajstić information content (AvgIpc) is 4.02. The number of halogens is 1. The van der Waals surface area contributed by atoms with E-state index in [9.17, 15) is 22.8 Å². The molecule has 3 atom stereocenters. The van der Waals surface area contributed by atoms with E-state index < -0.39 is 50.1 Å². The van der Waals surface area contributed by atoms with Gasteiger partial charge in [-0.3, -0.25) is 14.3 Å². The van der Waals surface area contributed by atoms with Crippen LogP contribution in [0.1, 0.15) is 83.7 Å². The van der Waals surface area contributed by atoms with Gasteiger partial charge in [0.1, 0.15) is 38.8 Å². The minimum atomic E-state index is -3.96.